The molecule has 0 aliphatic heterocycles. The normalized spacial score (nSPS) is 22.0. The van der Waals surface area contributed by atoms with Crippen LogP contribution in [0, 0.1) is 5.41 Å². The molecule has 4 rings (SSSR count). The summed E-state index contributed by atoms with van der Waals surface area (Å²) in [4.78, 5) is 0. The Hall–Kier alpha value is -1.82. The van der Waals surface area contributed by atoms with Gasteiger partial charge in [-0.3, -0.25) is 0 Å². The van der Waals surface area contributed by atoms with Crippen LogP contribution in [0.5, 0.6) is 0 Å². The molecule has 0 nitrogen and oxygen atoms in total. The number of hydrogen-bond donors (Lipinski definition) is 0. The van der Waals surface area contributed by atoms with E-state index in [0.29, 0.717) is 17.3 Å². The molecule has 0 N–H and O–H groups in total. The van der Waals surface area contributed by atoms with E-state index in [1.165, 1.54) is 30.4 Å². The number of hydrogen-bond acceptors (Lipinski definition) is 0. The fraction of sp³-hybridized carbons (Fsp3) is 0.391. The van der Waals surface area contributed by atoms with Crippen molar-refractivity contribution in [2.75, 3.05) is 0 Å². The second-order valence-electron chi connectivity index (χ2n) is 8.28. The quantitative estimate of drug-likeness (QED) is 0.641. The maximum Gasteiger partial charge on any atom is 0.00330 e. The molecule has 0 radical (unpaired) electrons. The third-order valence-electron chi connectivity index (χ3n) is 5.63. The summed E-state index contributed by atoms with van der Waals surface area (Å²) < 4.78 is 0. The molecule has 2 aromatic carbocycles. The van der Waals surface area contributed by atoms with Crippen LogP contribution in [0.2, 0.25) is 0 Å². The van der Waals surface area contributed by atoms with Crippen LogP contribution < -0.4 is 0 Å². The Bertz CT molecular complexity index is 749. The van der Waals surface area contributed by atoms with Crippen molar-refractivity contribution in [2.45, 2.75) is 51.9 Å². The molecule has 0 amide bonds. The maximum atomic E-state index is 2.52. The predicted molar refractivity (Wildman–Crippen MR) is 98.9 cm³/mol. The fourth-order valence-electron chi connectivity index (χ4n) is 4.44. The van der Waals surface area contributed by atoms with Crippen LogP contribution >= 0.6 is 0 Å². The Morgan fingerprint density at radius 3 is 2.48 bits per heavy atom. The van der Waals surface area contributed by atoms with Crippen molar-refractivity contribution in [3.8, 4) is 0 Å². The van der Waals surface area contributed by atoms with Gasteiger partial charge >= 0.3 is 0 Å². The molecule has 0 heteroatoms. The van der Waals surface area contributed by atoms with Gasteiger partial charge in [-0.15, -0.1) is 0 Å². The highest BCUT2D eigenvalue weighted by atomic mass is 14.4. The van der Waals surface area contributed by atoms with E-state index in [0.717, 1.165) is 0 Å². The summed E-state index contributed by atoms with van der Waals surface area (Å²) in [6.45, 7) is 7.14. The monoisotopic (exact) mass is 302 g/mol. The molecular formula is C23H26. The minimum absolute atomic E-state index is 0.438. The van der Waals surface area contributed by atoms with Gasteiger partial charge in [0, 0.05) is 5.92 Å². The lowest BCUT2D eigenvalue weighted by atomic mass is 9.86. The molecule has 118 valence electrons. The van der Waals surface area contributed by atoms with Crippen LogP contribution in [0.25, 0.3) is 6.08 Å². The van der Waals surface area contributed by atoms with Crippen LogP contribution in [0.1, 0.15) is 66.8 Å². The van der Waals surface area contributed by atoms with E-state index < -0.39 is 0 Å². The molecule has 0 fully saturated rings. The summed E-state index contributed by atoms with van der Waals surface area (Å²) in [5.41, 5.74) is 8.09. The summed E-state index contributed by atoms with van der Waals surface area (Å²) >= 11 is 0. The van der Waals surface area contributed by atoms with Crippen LogP contribution in [-0.2, 0) is 12.8 Å². The number of allylic oxidation sites excluding steroid dienone is 1. The minimum atomic E-state index is 0.438. The van der Waals surface area contributed by atoms with E-state index in [4.69, 9.17) is 0 Å². The van der Waals surface area contributed by atoms with E-state index in [1.807, 2.05) is 0 Å². The Labute approximate surface area is 140 Å². The van der Waals surface area contributed by atoms with E-state index in [9.17, 15) is 0 Å². The lowest BCUT2D eigenvalue weighted by molar-refractivity contribution is 0.392. The molecule has 0 saturated carbocycles. The number of rotatable bonds is 3. The maximum absolute atomic E-state index is 2.52. The average molecular weight is 302 g/mol. The number of fused-ring (bicyclic) bond motifs is 2. The molecule has 2 aliphatic carbocycles. The summed E-state index contributed by atoms with van der Waals surface area (Å²) in [6, 6.07) is 15.9. The zero-order valence-corrected chi connectivity index (χ0v) is 14.5. The van der Waals surface area contributed by atoms with Crippen molar-refractivity contribution in [3.05, 3.63) is 76.4 Å². The van der Waals surface area contributed by atoms with Crippen LogP contribution in [0.4, 0.5) is 0 Å². The van der Waals surface area contributed by atoms with Gasteiger partial charge in [-0.1, -0.05) is 75.4 Å². The fourth-order valence-corrected chi connectivity index (χ4v) is 4.44. The van der Waals surface area contributed by atoms with E-state index in [2.05, 4.69) is 75.4 Å². The van der Waals surface area contributed by atoms with Gasteiger partial charge in [-0.2, -0.15) is 0 Å². The first-order valence-corrected chi connectivity index (χ1v) is 8.91. The topological polar surface area (TPSA) is 0 Å². The molecule has 23 heavy (non-hydrogen) atoms. The van der Waals surface area contributed by atoms with Crippen molar-refractivity contribution in [2.24, 2.45) is 5.41 Å². The Morgan fingerprint density at radius 1 is 1.04 bits per heavy atom. The van der Waals surface area contributed by atoms with Gasteiger partial charge < -0.3 is 0 Å². The molecular weight excluding hydrogens is 276 g/mol. The van der Waals surface area contributed by atoms with Gasteiger partial charge in [0.2, 0.25) is 0 Å². The first kappa shape index (κ1) is 14.8. The lowest BCUT2D eigenvalue weighted by Crippen LogP contribution is -2.09. The van der Waals surface area contributed by atoms with Gasteiger partial charge in [-0.05, 0) is 58.4 Å². The van der Waals surface area contributed by atoms with Gasteiger partial charge in [0.25, 0.3) is 0 Å². The van der Waals surface area contributed by atoms with Crippen molar-refractivity contribution in [1.29, 1.82) is 0 Å². The molecule has 2 atom stereocenters. The first-order chi connectivity index (χ1) is 11.0. The lowest BCUT2D eigenvalue weighted by Gasteiger charge is -2.18. The van der Waals surface area contributed by atoms with E-state index in [-0.39, 0.29) is 0 Å². The average Bonchev–Trinajstić information content (AvgIpc) is 3.04. The smallest absolute Gasteiger partial charge is 0.00330 e. The summed E-state index contributed by atoms with van der Waals surface area (Å²) in [5, 5.41) is 0. The SMILES string of the molecule is CC(CC1C=Cc2cc3c(cc21)CC(C)(C)C3)c1ccccc1. The second kappa shape index (κ2) is 5.37. The standard InChI is InChI=1S/C23H26/c1-16(17-7-5-4-6-8-17)11-18-9-10-19-12-20-14-23(2,3)15-21(20)13-22(18)19/h4-10,12-13,16,18H,11,14-15H2,1-3H3. The highest BCUT2D eigenvalue weighted by Crippen LogP contribution is 2.43. The van der Waals surface area contributed by atoms with E-state index >= 15 is 0 Å². The zero-order chi connectivity index (χ0) is 16.0. The van der Waals surface area contributed by atoms with Crippen LogP contribution in [-0.4, -0.2) is 0 Å². The van der Waals surface area contributed by atoms with Crippen LogP contribution in [0.15, 0.2) is 48.5 Å². The van der Waals surface area contributed by atoms with Crippen molar-refractivity contribution >= 4 is 6.08 Å². The second-order valence-corrected chi connectivity index (χ2v) is 8.28. The molecule has 0 bridgehead atoms. The van der Waals surface area contributed by atoms with Crippen molar-refractivity contribution < 1.29 is 0 Å². The zero-order valence-electron chi connectivity index (χ0n) is 14.5. The molecule has 2 aliphatic rings. The molecule has 0 heterocycles. The molecule has 0 saturated heterocycles. The number of benzene rings is 2. The Kier molecular flexibility index (Phi) is 3.44. The highest BCUT2D eigenvalue weighted by molar-refractivity contribution is 5.65. The summed E-state index contributed by atoms with van der Waals surface area (Å²) in [7, 11) is 0. The predicted octanol–water partition coefficient (Wildman–Crippen LogP) is 6.12. The third-order valence-corrected chi connectivity index (χ3v) is 5.63. The van der Waals surface area contributed by atoms with Gasteiger partial charge in [-0.25, -0.2) is 0 Å². The molecule has 2 aromatic rings. The van der Waals surface area contributed by atoms with Crippen molar-refractivity contribution in [3.63, 3.8) is 0 Å². The largest absolute Gasteiger partial charge is 0.0764 e. The van der Waals surface area contributed by atoms with Gasteiger partial charge in [0.05, 0.1) is 0 Å². The first-order valence-electron chi connectivity index (χ1n) is 8.91. The van der Waals surface area contributed by atoms with Crippen molar-refractivity contribution in [1.82, 2.24) is 0 Å². The van der Waals surface area contributed by atoms with Crippen LogP contribution in [0.3, 0.4) is 0 Å². The summed E-state index contributed by atoms with van der Waals surface area (Å²) in [5.74, 6) is 1.18. The minimum Gasteiger partial charge on any atom is -0.0764 e. The molecule has 0 spiro atoms. The molecule has 2 unspecified atom stereocenters. The van der Waals surface area contributed by atoms with Gasteiger partial charge in [0.15, 0.2) is 0 Å². The third kappa shape index (κ3) is 2.76. The van der Waals surface area contributed by atoms with E-state index in [1.54, 1.807) is 16.7 Å². The Balaban J connectivity index is 1.58. The molecule has 0 aromatic heterocycles. The Morgan fingerprint density at radius 2 is 1.74 bits per heavy atom. The summed E-state index contributed by atoms with van der Waals surface area (Å²) in [6.07, 6.45) is 8.44. The highest BCUT2D eigenvalue weighted by Gasteiger charge is 2.31. The van der Waals surface area contributed by atoms with Gasteiger partial charge in [0.1, 0.15) is 0 Å².